The molecule has 1 heterocycles. The van der Waals surface area contributed by atoms with Gasteiger partial charge in [0.15, 0.2) is 11.5 Å². The SMILES string of the molecule is CCOC(=O)c1cc(/C=C/c2cccc(O)c2)on1. The van der Waals surface area contributed by atoms with Gasteiger partial charge in [-0.15, -0.1) is 0 Å². The van der Waals surface area contributed by atoms with Crippen molar-refractivity contribution in [2.45, 2.75) is 6.92 Å². The van der Waals surface area contributed by atoms with E-state index in [1.165, 1.54) is 6.07 Å². The Bertz CT molecular complexity index is 601. The Morgan fingerprint density at radius 3 is 3.00 bits per heavy atom. The van der Waals surface area contributed by atoms with E-state index in [-0.39, 0.29) is 11.4 Å². The zero-order valence-electron chi connectivity index (χ0n) is 10.4. The molecule has 98 valence electrons. The van der Waals surface area contributed by atoms with Gasteiger partial charge in [0.2, 0.25) is 0 Å². The summed E-state index contributed by atoms with van der Waals surface area (Å²) in [5, 5.41) is 12.9. The number of carbonyl (C=O) groups is 1. The third kappa shape index (κ3) is 3.45. The Kier molecular flexibility index (Phi) is 3.97. The molecule has 0 atom stereocenters. The zero-order chi connectivity index (χ0) is 13.7. The molecule has 1 aromatic heterocycles. The van der Waals surface area contributed by atoms with E-state index in [2.05, 4.69) is 5.16 Å². The quantitative estimate of drug-likeness (QED) is 0.854. The van der Waals surface area contributed by atoms with Gasteiger partial charge in [-0.05, 0) is 30.7 Å². The summed E-state index contributed by atoms with van der Waals surface area (Å²) in [7, 11) is 0. The van der Waals surface area contributed by atoms with Gasteiger partial charge >= 0.3 is 5.97 Å². The fraction of sp³-hybridized carbons (Fsp3) is 0.143. The van der Waals surface area contributed by atoms with Crippen molar-refractivity contribution >= 4 is 18.1 Å². The first-order valence-corrected chi connectivity index (χ1v) is 5.80. The van der Waals surface area contributed by atoms with Gasteiger partial charge in [0, 0.05) is 6.07 Å². The van der Waals surface area contributed by atoms with E-state index in [0.29, 0.717) is 12.4 Å². The van der Waals surface area contributed by atoms with E-state index in [1.807, 2.05) is 6.07 Å². The van der Waals surface area contributed by atoms with Crippen molar-refractivity contribution in [2.75, 3.05) is 6.61 Å². The molecule has 0 aliphatic carbocycles. The second-order valence-corrected chi connectivity index (χ2v) is 3.76. The molecule has 2 rings (SSSR count). The summed E-state index contributed by atoms with van der Waals surface area (Å²) in [5.41, 5.74) is 0.950. The van der Waals surface area contributed by atoms with Crippen LogP contribution in [0.25, 0.3) is 12.2 Å². The molecule has 0 spiro atoms. The summed E-state index contributed by atoms with van der Waals surface area (Å²) in [4.78, 5) is 11.4. The molecule has 0 bridgehead atoms. The van der Waals surface area contributed by atoms with Crippen LogP contribution in [0.5, 0.6) is 5.75 Å². The highest BCUT2D eigenvalue weighted by Crippen LogP contribution is 2.14. The molecule has 1 N–H and O–H groups in total. The highest BCUT2D eigenvalue weighted by atomic mass is 16.5. The highest BCUT2D eigenvalue weighted by molar-refractivity contribution is 5.87. The molecule has 0 amide bonds. The van der Waals surface area contributed by atoms with Crippen molar-refractivity contribution in [3.05, 3.63) is 47.3 Å². The van der Waals surface area contributed by atoms with Crippen molar-refractivity contribution in [3.63, 3.8) is 0 Å². The predicted molar refractivity (Wildman–Crippen MR) is 69.5 cm³/mol. The number of nitrogens with zero attached hydrogens (tertiary/aromatic N) is 1. The van der Waals surface area contributed by atoms with E-state index in [4.69, 9.17) is 9.26 Å². The lowest BCUT2D eigenvalue weighted by molar-refractivity contribution is 0.0514. The van der Waals surface area contributed by atoms with Gasteiger partial charge in [-0.2, -0.15) is 0 Å². The summed E-state index contributed by atoms with van der Waals surface area (Å²) in [5.74, 6) is 0.113. The van der Waals surface area contributed by atoms with E-state index in [0.717, 1.165) is 5.56 Å². The van der Waals surface area contributed by atoms with Crippen LogP contribution < -0.4 is 0 Å². The van der Waals surface area contributed by atoms with Gasteiger partial charge in [0.05, 0.1) is 6.61 Å². The number of aromatic hydroxyl groups is 1. The van der Waals surface area contributed by atoms with E-state index in [1.54, 1.807) is 37.3 Å². The molecular weight excluding hydrogens is 246 g/mol. The molecular formula is C14H13NO4. The highest BCUT2D eigenvalue weighted by Gasteiger charge is 2.11. The zero-order valence-corrected chi connectivity index (χ0v) is 10.4. The van der Waals surface area contributed by atoms with Crippen molar-refractivity contribution < 1.29 is 19.2 Å². The Labute approximate surface area is 110 Å². The van der Waals surface area contributed by atoms with Gasteiger partial charge < -0.3 is 14.4 Å². The maximum Gasteiger partial charge on any atom is 0.360 e. The number of phenolic OH excluding ortho intramolecular Hbond substituents is 1. The number of ether oxygens (including phenoxy) is 1. The molecule has 0 aliphatic rings. The average Bonchev–Trinajstić information content (AvgIpc) is 2.86. The normalized spacial score (nSPS) is 10.8. The summed E-state index contributed by atoms with van der Waals surface area (Å²) < 4.78 is 9.79. The fourth-order valence-electron chi connectivity index (χ4n) is 1.48. The minimum absolute atomic E-state index is 0.136. The van der Waals surface area contributed by atoms with Gasteiger partial charge in [-0.3, -0.25) is 0 Å². The standard InChI is InChI=1S/C14H13NO4/c1-2-18-14(17)13-9-12(19-15-13)7-6-10-4-3-5-11(16)8-10/h3-9,16H,2H2,1H3/b7-6+. The third-order valence-electron chi connectivity index (χ3n) is 2.32. The predicted octanol–water partition coefficient (Wildman–Crippen LogP) is 2.73. The van der Waals surface area contributed by atoms with Crippen LogP contribution in [0.3, 0.4) is 0 Å². The van der Waals surface area contributed by atoms with Crippen LogP contribution in [0.15, 0.2) is 34.9 Å². The van der Waals surface area contributed by atoms with Crippen molar-refractivity contribution in [1.29, 1.82) is 0 Å². The van der Waals surface area contributed by atoms with Gasteiger partial charge in [0.25, 0.3) is 0 Å². The number of carbonyl (C=O) groups excluding carboxylic acids is 1. The van der Waals surface area contributed by atoms with Crippen LogP contribution in [0.1, 0.15) is 28.7 Å². The first kappa shape index (κ1) is 12.9. The number of hydrogen-bond acceptors (Lipinski definition) is 5. The van der Waals surface area contributed by atoms with E-state index < -0.39 is 5.97 Å². The van der Waals surface area contributed by atoms with Crippen LogP contribution in [0.2, 0.25) is 0 Å². The van der Waals surface area contributed by atoms with Crippen LogP contribution in [0, 0.1) is 0 Å². The van der Waals surface area contributed by atoms with Crippen molar-refractivity contribution in [1.82, 2.24) is 5.16 Å². The number of rotatable bonds is 4. The molecule has 0 unspecified atom stereocenters. The number of phenols is 1. The first-order chi connectivity index (χ1) is 9.19. The molecule has 0 saturated heterocycles. The maximum atomic E-state index is 11.4. The van der Waals surface area contributed by atoms with Gasteiger partial charge in [-0.25, -0.2) is 4.79 Å². The monoisotopic (exact) mass is 259 g/mol. The van der Waals surface area contributed by atoms with Crippen molar-refractivity contribution in [2.24, 2.45) is 0 Å². The molecule has 5 nitrogen and oxygen atoms in total. The lowest BCUT2D eigenvalue weighted by Gasteiger charge is -1.94. The Balaban J connectivity index is 2.09. The Morgan fingerprint density at radius 1 is 1.42 bits per heavy atom. The molecule has 1 aromatic carbocycles. The van der Waals surface area contributed by atoms with Crippen LogP contribution >= 0.6 is 0 Å². The average molecular weight is 259 g/mol. The van der Waals surface area contributed by atoms with Crippen LogP contribution in [0.4, 0.5) is 0 Å². The lowest BCUT2D eigenvalue weighted by atomic mass is 10.2. The Hall–Kier alpha value is -2.56. The van der Waals surface area contributed by atoms with Crippen LogP contribution in [-0.4, -0.2) is 22.8 Å². The summed E-state index contributed by atoms with van der Waals surface area (Å²) in [6, 6.07) is 8.26. The second kappa shape index (κ2) is 5.86. The maximum absolute atomic E-state index is 11.4. The summed E-state index contributed by atoms with van der Waals surface area (Å²) in [6.07, 6.45) is 3.40. The number of hydrogen-bond donors (Lipinski definition) is 1. The number of benzene rings is 1. The third-order valence-corrected chi connectivity index (χ3v) is 2.32. The topological polar surface area (TPSA) is 72.6 Å². The minimum Gasteiger partial charge on any atom is -0.508 e. The molecule has 0 saturated carbocycles. The number of aromatic nitrogens is 1. The second-order valence-electron chi connectivity index (χ2n) is 3.76. The van der Waals surface area contributed by atoms with E-state index >= 15 is 0 Å². The fourth-order valence-corrected chi connectivity index (χ4v) is 1.48. The molecule has 0 aliphatic heterocycles. The lowest BCUT2D eigenvalue weighted by Crippen LogP contribution is -2.04. The van der Waals surface area contributed by atoms with Gasteiger partial charge in [0.1, 0.15) is 5.75 Å². The Morgan fingerprint density at radius 2 is 2.26 bits per heavy atom. The van der Waals surface area contributed by atoms with Gasteiger partial charge in [-0.1, -0.05) is 23.4 Å². The largest absolute Gasteiger partial charge is 0.508 e. The molecule has 5 heteroatoms. The first-order valence-electron chi connectivity index (χ1n) is 5.80. The summed E-state index contributed by atoms with van der Waals surface area (Å²) in [6.45, 7) is 2.01. The molecule has 0 radical (unpaired) electrons. The van der Waals surface area contributed by atoms with Crippen molar-refractivity contribution in [3.8, 4) is 5.75 Å². The molecule has 2 aromatic rings. The molecule has 0 fully saturated rings. The number of esters is 1. The van der Waals surface area contributed by atoms with E-state index in [9.17, 15) is 9.90 Å². The smallest absolute Gasteiger partial charge is 0.360 e. The molecule has 19 heavy (non-hydrogen) atoms. The van der Waals surface area contributed by atoms with Crippen LogP contribution in [-0.2, 0) is 4.74 Å². The summed E-state index contributed by atoms with van der Waals surface area (Å²) >= 11 is 0. The minimum atomic E-state index is -0.511.